The van der Waals surface area contributed by atoms with Gasteiger partial charge in [0.15, 0.2) is 0 Å². The van der Waals surface area contributed by atoms with Crippen LogP contribution in [0.4, 0.5) is 22.2 Å². The largest absolute Gasteiger partial charge is 0.353 e. The standard InChI is InChI=1S/C19H23ClN6O/c20-15-5-1-2-6-16(15)22-19(27)26-13-11-24(12-14-26)17-7-8-21-18(23-17)25-9-3-4-10-25/h1-2,5-8H,3-4,9-14H2,(H,22,27). The van der Waals surface area contributed by atoms with Crippen molar-refractivity contribution in [3.8, 4) is 0 Å². The van der Waals surface area contributed by atoms with Gasteiger partial charge < -0.3 is 20.0 Å². The predicted molar refractivity (Wildman–Crippen MR) is 108 cm³/mol. The number of aromatic nitrogens is 2. The first kappa shape index (κ1) is 17.9. The van der Waals surface area contributed by atoms with Crippen molar-refractivity contribution in [1.82, 2.24) is 14.9 Å². The molecule has 1 aromatic heterocycles. The number of halogens is 1. The van der Waals surface area contributed by atoms with Gasteiger partial charge in [0.1, 0.15) is 5.82 Å². The van der Waals surface area contributed by atoms with E-state index in [1.54, 1.807) is 12.1 Å². The van der Waals surface area contributed by atoms with E-state index in [1.165, 1.54) is 12.8 Å². The van der Waals surface area contributed by atoms with Gasteiger partial charge in [0.2, 0.25) is 5.95 Å². The zero-order valence-corrected chi connectivity index (χ0v) is 15.9. The predicted octanol–water partition coefficient (Wildman–Crippen LogP) is 3.08. The van der Waals surface area contributed by atoms with Gasteiger partial charge in [-0.25, -0.2) is 9.78 Å². The second-order valence-corrected chi connectivity index (χ2v) is 7.20. The molecule has 2 aromatic rings. The van der Waals surface area contributed by atoms with Crippen LogP contribution in [-0.4, -0.2) is 60.2 Å². The van der Waals surface area contributed by atoms with Gasteiger partial charge in [0.05, 0.1) is 10.7 Å². The number of hydrogen-bond donors (Lipinski definition) is 1. The molecule has 8 heteroatoms. The number of benzene rings is 1. The van der Waals surface area contributed by atoms with E-state index in [2.05, 4.69) is 20.1 Å². The van der Waals surface area contributed by atoms with Gasteiger partial charge >= 0.3 is 6.03 Å². The molecule has 0 aliphatic carbocycles. The third-order valence-electron chi connectivity index (χ3n) is 5.02. The van der Waals surface area contributed by atoms with E-state index < -0.39 is 0 Å². The summed E-state index contributed by atoms with van der Waals surface area (Å²) >= 11 is 6.12. The minimum atomic E-state index is -0.122. The molecule has 0 radical (unpaired) electrons. The van der Waals surface area contributed by atoms with Crippen molar-refractivity contribution >= 4 is 35.1 Å². The van der Waals surface area contributed by atoms with Crippen molar-refractivity contribution in [3.05, 3.63) is 41.6 Å². The number of para-hydroxylation sites is 1. The fourth-order valence-corrected chi connectivity index (χ4v) is 3.66. The van der Waals surface area contributed by atoms with E-state index in [0.29, 0.717) is 23.8 Å². The summed E-state index contributed by atoms with van der Waals surface area (Å²) in [7, 11) is 0. The van der Waals surface area contributed by atoms with Gasteiger partial charge in [0.25, 0.3) is 0 Å². The maximum absolute atomic E-state index is 12.5. The summed E-state index contributed by atoms with van der Waals surface area (Å²) in [4.78, 5) is 27.9. The molecule has 1 aromatic carbocycles. The van der Waals surface area contributed by atoms with Crippen LogP contribution in [0.5, 0.6) is 0 Å². The van der Waals surface area contributed by atoms with Crippen LogP contribution in [0.15, 0.2) is 36.5 Å². The highest BCUT2D eigenvalue weighted by atomic mass is 35.5. The van der Waals surface area contributed by atoms with Crippen LogP contribution in [0, 0.1) is 0 Å². The van der Waals surface area contributed by atoms with Crippen molar-refractivity contribution in [2.24, 2.45) is 0 Å². The molecule has 4 rings (SSSR count). The first-order chi connectivity index (χ1) is 13.2. The topological polar surface area (TPSA) is 64.6 Å². The molecule has 27 heavy (non-hydrogen) atoms. The summed E-state index contributed by atoms with van der Waals surface area (Å²) in [5.74, 6) is 1.74. The number of nitrogens with zero attached hydrogens (tertiary/aromatic N) is 5. The van der Waals surface area contributed by atoms with Gasteiger partial charge in [-0.2, -0.15) is 4.98 Å². The molecular weight excluding hydrogens is 364 g/mol. The van der Waals surface area contributed by atoms with Crippen LogP contribution in [0.1, 0.15) is 12.8 Å². The van der Waals surface area contributed by atoms with E-state index in [4.69, 9.17) is 16.6 Å². The molecule has 2 aliphatic rings. The number of nitrogens with one attached hydrogen (secondary N) is 1. The lowest BCUT2D eigenvalue weighted by atomic mass is 10.3. The molecule has 0 bridgehead atoms. The Labute approximate surface area is 163 Å². The number of carbonyl (C=O) groups excluding carboxylic acids is 1. The highest BCUT2D eigenvalue weighted by molar-refractivity contribution is 6.33. The van der Waals surface area contributed by atoms with Gasteiger partial charge in [-0.1, -0.05) is 23.7 Å². The molecule has 0 spiro atoms. The van der Waals surface area contributed by atoms with Gasteiger partial charge in [-0.3, -0.25) is 0 Å². The first-order valence-electron chi connectivity index (χ1n) is 9.34. The second-order valence-electron chi connectivity index (χ2n) is 6.79. The highest BCUT2D eigenvalue weighted by Gasteiger charge is 2.23. The van der Waals surface area contributed by atoms with Crippen LogP contribution in [0.3, 0.4) is 0 Å². The number of piperazine rings is 1. The monoisotopic (exact) mass is 386 g/mol. The number of urea groups is 1. The molecule has 0 saturated carbocycles. The molecule has 2 saturated heterocycles. The summed E-state index contributed by atoms with van der Waals surface area (Å²) in [5.41, 5.74) is 0.637. The Morgan fingerprint density at radius 3 is 2.44 bits per heavy atom. The Hall–Kier alpha value is -2.54. The second kappa shape index (κ2) is 8.00. The molecule has 2 fully saturated rings. The van der Waals surface area contributed by atoms with Crippen molar-refractivity contribution in [2.75, 3.05) is 54.4 Å². The normalized spacial score (nSPS) is 17.3. The summed E-state index contributed by atoms with van der Waals surface area (Å²) in [5, 5.41) is 3.43. The van der Waals surface area contributed by atoms with Gasteiger partial charge in [-0.05, 0) is 31.0 Å². The lowest BCUT2D eigenvalue weighted by Gasteiger charge is -2.35. The summed E-state index contributed by atoms with van der Waals surface area (Å²) in [6.45, 7) is 4.82. The average molecular weight is 387 g/mol. The molecule has 0 unspecified atom stereocenters. The van der Waals surface area contributed by atoms with E-state index in [9.17, 15) is 4.79 Å². The molecule has 0 atom stereocenters. The maximum Gasteiger partial charge on any atom is 0.322 e. The lowest BCUT2D eigenvalue weighted by molar-refractivity contribution is 0.208. The average Bonchev–Trinajstić information content (AvgIpc) is 3.25. The van der Waals surface area contributed by atoms with E-state index in [0.717, 1.165) is 37.9 Å². The number of anilines is 3. The Morgan fingerprint density at radius 2 is 1.70 bits per heavy atom. The maximum atomic E-state index is 12.5. The molecule has 2 amide bonds. The van der Waals surface area contributed by atoms with Crippen molar-refractivity contribution < 1.29 is 4.79 Å². The molecule has 7 nitrogen and oxygen atoms in total. The number of carbonyl (C=O) groups is 1. The zero-order valence-electron chi connectivity index (χ0n) is 15.1. The van der Waals surface area contributed by atoms with Crippen LogP contribution in [0.2, 0.25) is 5.02 Å². The lowest BCUT2D eigenvalue weighted by Crippen LogP contribution is -2.50. The SMILES string of the molecule is O=C(Nc1ccccc1Cl)N1CCN(c2ccnc(N3CCCC3)n2)CC1. The minimum absolute atomic E-state index is 0.122. The first-order valence-corrected chi connectivity index (χ1v) is 9.72. The number of hydrogen-bond acceptors (Lipinski definition) is 5. The molecule has 1 N–H and O–H groups in total. The summed E-state index contributed by atoms with van der Waals surface area (Å²) < 4.78 is 0. The third-order valence-corrected chi connectivity index (χ3v) is 5.35. The molecule has 2 aliphatic heterocycles. The molecule has 142 valence electrons. The van der Waals surface area contributed by atoms with Gasteiger partial charge in [-0.15, -0.1) is 0 Å². The van der Waals surface area contributed by atoms with Crippen molar-refractivity contribution in [1.29, 1.82) is 0 Å². The fraction of sp³-hybridized carbons (Fsp3) is 0.421. The zero-order chi connectivity index (χ0) is 18.6. The van der Waals surface area contributed by atoms with Crippen LogP contribution in [-0.2, 0) is 0 Å². The van der Waals surface area contributed by atoms with Crippen molar-refractivity contribution in [2.45, 2.75) is 12.8 Å². The fourth-order valence-electron chi connectivity index (χ4n) is 3.48. The molecular formula is C19H23ClN6O. The smallest absolute Gasteiger partial charge is 0.322 e. The Morgan fingerprint density at radius 1 is 0.963 bits per heavy atom. The Kier molecular flexibility index (Phi) is 5.29. The number of amides is 2. The Bertz CT molecular complexity index is 802. The highest BCUT2D eigenvalue weighted by Crippen LogP contribution is 2.22. The Balaban J connectivity index is 1.35. The summed E-state index contributed by atoms with van der Waals surface area (Å²) in [6, 6.07) is 9.09. The van der Waals surface area contributed by atoms with Crippen LogP contribution >= 0.6 is 11.6 Å². The van der Waals surface area contributed by atoms with E-state index >= 15 is 0 Å². The van der Waals surface area contributed by atoms with E-state index in [1.807, 2.05) is 29.3 Å². The summed E-state index contributed by atoms with van der Waals surface area (Å²) in [6.07, 6.45) is 4.23. The quantitative estimate of drug-likeness (QED) is 0.878. The van der Waals surface area contributed by atoms with Crippen LogP contribution < -0.4 is 15.1 Å². The van der Waals surface area contributed by atoms with Gasteiger partial charge in [0, 0.05) is 45.5 Å². The van der Waals surface area contributed by atoms with Crippen molar-refractivity contribution in [3.63, 3.8) is 0 Å². The minimum Gasteiger partial charge on any atom is -0.353 e. The number of rotatable bonds is 3. The van der Waals surface area contributed by atoms with Crippen LogP contribution in [0.25, 0.3) is 0 Å². The van der Waals surface area contributed by atoms with E-state index in [-0.39, 0.29) is 6.03 Å². The molecule has 3 heterocycles. The third kappa shape index (κ3) is 4.08.